The van der Waals surface area contributed by atoms with Gasteiger partial charge in [0.2, 0.25) is 0 Å². The molecule has 0 amide bonds. The average molecular weight is 221 g/mol. The van der Waals surface area contributed by atoms with Crippen molar-refractivity contribution in [2.75, 3.05) is 6.54 Å². The first-order valence-corrected chi connectivity index (χ1v) is 5.99. The Labute approximate surface area is 98.5 Å². The Hall–Kier alpha value is -1.09. The summed E-state index contributed by atoms with van der Waals surface area (Å²) in [6.45, 7) is 9.51. The van der Waals surface area contributed by atoms with Crippen LogP contribution in [0.15, 0.2) is 17.8 Å². The van der Waals surface area contributed by atoms with Crippen molar-refractivity contribution < 1.29 is 0 Å². The highest BCUT2D eigenvalue weighted by atomic mass is 15.3. The van der Waals surface area contributed by atoms with Crippen LogP contribution in [-0.4, -0.2) is 16.3 Å². The number of likely N-dealkylation sites (N-methyl/N-ethyl adjacent to an activating group) is 1. The Balaban J connectivity index is 3.04. The highest BCUT2D eigenvalue weighted by molar-refractivity contribution is 5.26. The molecular formula is C13H23N3. The third-order valence-electron chi connectivity index (χ3n) is 2.53. The van der Waals surface area contributed by atoms with E-state index in [1.54, 1.807) is 0 Å². The van der Waals surface area contributed by atoms with Gasteiger partial charge in [-0.25, -0.2) is 0 Å². The van der Waals surface area contributed by atoms with Crippen LogP contribution in [0, 0.1) is 0 Å². The molecule has 16 heavy (non-hydrogen) atoms. The third-order valence-corrected chi connectivity index (χ3v) is 2.53. The molecule has 0 fully saturated rings. The molecule has 0 aliphatic heterocycles. The van der Waals surface area contributed by atoms with Gasteiger partial charge in [-0.05, 0) is 26.8 Å². The van der Waals surface area contributed by atoms with Gasteiger partial charge in [0.15, 0.2) is 0 Å². The minimum absolute atomic E-state index is 0.290. The monoisotopic (exact) mass is 221 g/mol. The van der Waals surface area contributed by atoms with E-state index in [4.69, 9.17) is 0 Å². The molecule has 0 saturated heterocycles. The van der Waals surface area contributed by atoms with Crippen LogP contribution in [0.5, 0.6) is 0 Å². The van der Waals surface area contributed by atoms with Crippen LogP contribution in [0.4, 0.5) is 0 Å². The van der Waals surface area contributed by atoms with Crippen LogP contribution in [0.2, 0.25) is 0 Å². The molecule has 1 aromatic rings. The first kappa shape index (κ1) is 13.0. The second-order valence-corrected chi connectivity index (χ2v) is 4.34. The fraction of sp³-hybridized carbons (Fsp3) is 0.615. The molecule has 0 bridgehead atoms. The van der Waals surface area contributed by atoms with Crippen molar-refractivity contribution in [3.8, 4) is 0 Å². The summed E-state index contributed by atoms with van der Waals surface area (Å²) in [6, 6.07) is 0.290. The summed E-state index contributed by atoms with van der Waals surface area (Å²) in [7, 11) is 1.98. The zero-order valence-corrected chi connectivity index (χ0v) is 11.0. The van der Waals surface area contributed by atoms with Gasteiger partial charge in [-0.1, -0.05) is 25.5 Å². The van der Waals surface area contributed by atoms with Gasteiger partial charge >= 0.3 is 0 Å². The number of nitrogens with one attached hydrogen (secondary N) is 1. The predicted molar refractivity (Wildman–Crippen MR) is 68.4 cm³/mol. The first-order valence-electron chi connectivity index (χ1n) is 5.99. The lowest BCUT2D eigenvalue weighted by atomic mass is 10.0. The van der Waals surface area contributed by atoms with Crippen LogP contribution in [0.1, 0.15) is 45.0 Å². The summed E-state index contributed by atoms with van der Waals surface area (Å²) in [5.74, 6) is 0. The van der Waals surface area contributed by atoms with E-state index in [1.807, 2.05) is 11.7 Å². The van der Waals surface area contributed by atoms with E-state index < -0.39 is 0 Å². The summed E-state index contributed by atoms with van der Waals surface area (Å²) in [5.41, 5.74) is 3.82. The number of allylic oxidation sites excluding steroid dienone is 1. The second kappa shape index (κ2) is 5.85. The summed E-state index contributed by atoms with van der Waals surface area (Å²) < 4.78 is 1.90. The Kier molecular flexibility index (Phi) is 4.74. The fourth-order valence-corrected chi connectivity index (χ4v) is 1.90. The lowest BCUT2D eigenvalue weighted by Crippen LogP contribution is -2.20. The van der Waals surface area contributed by atoms with Crippen molar-refractivity contribution in [3.05, 3.63) is 29.1 Å². The Morgan fingerprint density at radius 2 is 2.19 bits per heavy atom. The molecule has 90 valence electrons. The summed E-state index contributed by atoms with van der Waals surface area (Å²) >= 11 is 0. The largest absolute Gasteiger partial charge is 0.307 e. The van der Waals surface area contributed by atoms with Crippen LogP contribution in [0.25, 0.3) is 0 Å². The van der Waals surface area contributed by atoms with Gasteiger partial charge in [0.25, 0.3) is 0 Å². The molecular weight excluding hydrogens is 198 g/mol. The first-order chi connectivity index (χ1) is 7.58. The quantitative estimate of drug-likeness (QED) is 0.775. The van der Waals surface area contributed by atoms with Crippen molar-refractivity contribution in [2.24, 2.45) is 7.05 Å². The summed E-state index contributed by atoms with van der Waals surface area (Å²) in [6.07, 6.45) is 5.36. The van der Waals surface area contributed by atoms with Gasteiger partial charge < -0.3 is 5.32 Å². The van der Waals surface area contributed by atoms with Gasteiger partial charge in [0, 0.05) is 18.8 Å². The minimum Gasteiger partial charge on any atom is -0.307 e. The van der Waals surface area contributed by atoms with E-state index in [1.165, 1.54) is 16.8 Å². The topological polar surface area (TPSA) is 29.9 Å². The molecule has 1 rings (SSSR count). The molecule has 1 unspecified atom stereocenters. The molecule has 0 aliphatic carbocycles. The number of rotatable bonds is 5. The van der Waals surface area contributed by atoms with E-state index in [9.17, 15) is 0 Å². The van der Waals surface area contributed by atoms with Crippen molar-refractivity contribution >= 4 is 0 Å². The van der Waals surface area contributed by atoms with E-state index >= 15 is 0 Å². The summed E-state index contributed by atoms with van der Waals surface area (Å²) in [4.78, 5) is 0. The van der Waals surface area contributed by atoms with Gasteiger partial charge in [0.1, 0.15) is 0 Å². The zero-order valence-electron chi connectivity index (χ0n) is 11.0. The van der Waals surface area contributed by atoms with Crippen LogP contribution < -0.4 is 5.32 Å². The second-order valence-electron chi connectivity index (χ2n) is 4.34. The average Bonchev–Trinajstić information content (AvgIpc) is 2.58. The lowest BCUT2D eigenvalue weighted by molar-refractivity contribution is 0.639. The molecule has 1 heterocycles. The van der Waals surface area contributed by atoms with Crippen LogP contribution in [0.3, 0.4) is 0 Å². The standard InChI is InChI=1S/C13H23N3/c1-6-12-11(9-16(5)15-12)13(14-7-2)8-10(3)4/h8-9,13-14H,6-7H2,1-5H3. The third kappa shape index (κ3) is 3.20. The van der Waals surface area contributed by atoms with E-state index in [0.29, 0.717) is 6.04 Å². The highest BCUT2D eigenvalue weighted by Crippen LogP contribution is 2.20. The van der Waals surface area contributed by atoms with Gasteiger partial charge in [0.05, 0.1) is 11.7 Å². The number of hydrogen-bond donors (Lipinski definition) is 1. The maximum absolute atomic E-state index is 4.49. The molecule has 0 aromatic carbocycles. The number of aromatic nitrogens is 2. The molecule has 0 saturated carbocycles. The van der Waals surface area contributed by atoms with E-state index in [0.717, 1.165) is 13.0 Å². The Morgan fingerprint density at radius 1 is 1.50 bits per heavy atom. The molecule has 1 atom stereocenters. The van der Waals surface area contributed by atoms with Crippen molar-refractivity contribution in [1.29, 1.82) is 0 Å². The molecule has 0 aliphatic rings. The predicted octanol–water partition coefficient (Wildman–Crippen LogP) is 2.60. The van der Waals surface area contributed by atoms with Crippen LogP contribution >= 0.6 is 0 Å². The number of aryl methyl sites for hydroxylation is 2. The normalized spacial score (nSPS) is 12.6. The summed E-state index contributed by atoms with van der Waals surface area (Å²) in [5, 5.41) is 7.98. The molecule has 3 heteroatoms. The van der Waals surface area contributed by atoms with Gasteiger partial charge in [-0.3, -0.25) is 4.68 Å². The molecule has 0 radical (unpaired) electrons. The number of hydrogen-bond acceptors (Lipinski definition) is 2. The van der Waals surface area contributed by atoms with Crippen molar-refractivity contribution in [2.45, 2.75) is 40.2 Å². The maximum atomic E-state index is 4.49. The fourth-order valence-electron chi connectivity index (χ4n) is 1.90. The lowest BCUT2D eigenvalue weighted by Gasteiger charge is -2.14. The van der Waals surface area contributed by atoms with Crippen molar-refractivity contribution in [3.63, 3.8) is 0 Å². The zero-order chi connectivity index (χ0) is 12.1. The SMILES string of the molecule is CCNC(C=C(C)C)c1cn(C)nc1CC. The van der Waals surface area contributed by atoms with Gasteiger partial charge in [-0.15, -0.1) is 0 Å². The minimum atomic E-state index is 0.290. The molecule has 1 aromatic heterocycles. The van der Waals surface area contributed by atoms with Crippen molar-refractivity contribution in [1.82, 2.24) is 15.1 Å². The van der Waals surface area contributed by atoms with Gasteiger partial charge in [-0.2, -0.15) is 5.10 Å². The highest BCUT2D eigenvalue weighted by Gasteiger charge is 2.14. The molecule has 0 spiro atoms. The number of nitrogens with zero attached hydrogens (tertiary/aromatic N) is 2. The van der Waals surface area contributed by atoms with E-state index in [-0.39, 0.29) is 0 Å². The Morgan fingerprint density at radius 3 is 2.69 bits per heavy atom. The Bertz CT molecular complexity index is 359. The molecule has 1 N–H and O–H groups in total. The smallest absolute Gasteiger partial charge is 0.0672 e. The molecule has 3 nitrogen and oxygen atoms in total. The van der Waals surface area contributed by atoms with E-state index in [2.05, 4.69) is 50.4 Å². The van der Waals surface area contributed by atoms with Crippen LogP contribution in [-0.2, 0) is 13.5 Å². The maximum Gasteiger partial charge on any atom is 0.0672 e.